The van der Waals surface area contributed by atoms with Crippen LogP contribution in [0.1, 0.15) is 31.0 Å². The third kappa shape index (κ3) is 4.72. The molecular formula is C16H21Cl2FN2O2. The maximum absolute atomic E-state index is 13.8. The fraction of sp³-hybridized carbons (Fsp3) is 0.562. The Morgan fingerprint density at radius 1 is 1.35 bits per heavy atom. The third-order valence-corrected chi connectivity index (χ3v) is 4.30. The molecule has 0 aliphatic carbocycles. The fourth-order valence-electron chi connectivity index (χ4n) is 2.66. The Labute approximate surface area is 145 Å². The summed E-state index contributed by atoms with van der Waals surface area (Å²) < 4.78 is 19.4. The largest absolute Gasteiger partial charge is 0.372 e. The minimum absolute atomic E-state index is 0.0393. The number of alkyl halides is 2. The first-order valence-electron chi connectivity index (χ1n) is 7.53. The van der Waals surface area contributed by atoms with Gasteiger partial charge in [-0.2, -0.15) is 0 Å². The second kappa shape index (κ2) is 7.69. The second-order valence-corrected chi connectivity index (χ2v) is 7.10. The second-order valence-electron chi connectivity index (χ2n) is 5.93. The van der Waals surface area contributed by atoms with E-state index in [1.54, 1.807) is 24.0 Å². The smallest absolute Gasteiger partial charge is 0.318 e. The van der Waals surface area contributed by atoms with Gasteiger partial charge in [-0.25, -0.2) is 9.18 Å². The van der Waals surface area contributed by atoms with Gasteiger partial charge in [-0.05, 0) is 38.0 Å². The summed E-state index contributed by atoms with van der Waals surface area (Å²) in [6.45, 7) is 6.46. The van der Waals surface area contributed by atoms with Crippen molar-refractivity contribution in [2.24, 2.45) is 0 Å². The molecule has 1 aromatic rings. The number of urea groups is 1. The van der Waals surface area contributed by atoms with Crippen molar-refractivity contribution < 1.29 is 13.9 Å². The SMILES string of the molecule is Cc1ccc([C@H](NC(=O)N2C[C@H](C)O[C@@H](C)C2)C(Cl)Cl)cc1F. The minimum atomic E-state index is -0.892. The van der Waals surface area contributed by atoms with Gasteiger partial charge in [-0.3, -0.25) is 0 Å². The van der Waals surface area contributed by atoms with Crippen LogP contribution >= 0.6 is 23.2 Å². The first-order valence-corrected chi connectivity index (χ1v) is 8.40. The maximum Gasteiger partial charge on any atom is 0.318 e. The normalized spacial score (nSPS) is 23.0. The Hall–Kier alpha value is -1.04. The monoisotopic (exact) mass is 362 g/mol. The number of benzene rings is 1. The number of nitrogens with zero attached hydrogens (tertiary/aromatic N) is 1. The van der Waals surface area contributed by atoms with E-state index in [1.165, 1.54) is 6.07 Å². The first kappa shape index (κ1) is 18.3. The first-order chi connectivity index (χ1) is 10.8. The van der Waals surface area contributed by atoms with Crippen molar-refractivity contribution in [2.45, 2.75) is 43.9 Å². The van der Waals surface area contributed by atoms with E-state index in [9.17, 15) is 9.18 Å². The number of rotatable bonds is 3. The molecule has 1 saturated heterocycles. The van der Waals surface area contributed by atoms with Gasteiger partial charge in [0, 0.05) is 13.1 Å². The number of morpholine rings is 1. The lowest BCUT2D eigenvalue weighted by Gasteiger charge is -2.36. The third-order valence-electron chi connectivity index (χ3n) is 3.79. The maximum atomic E-state index is 13.8. The van der Waals surface area contributed by atoms with Gasteiger partial charge in [0.2, 0.25) is 0 Å². The molecule has 23 heavy (non-hydrogen) atoms. The summed E-state index contributed by atoms with van der Waals surface area (Å²) >= 11 is 12.0. The van der Waals surface area contributed by atoms with Crippen LogP contribution in [-0.4, -0.2) is 41.1 Å². The number of carbonyl (C=O) groups is 1. The van der Waals surface area contributed by atoms with E-state index in [1.807, 2.05) is 13.8 Å². The Kier molecular flexibility index (Phi) is 6.12. The van der Waals surface area contributed by atoms with Crippen LogP contribution in [0, 0.1) is 12.7 Å². The average molecular weight is 363 g/mol. The van der Waals surface area contributed by atoms with E-state index in [2.05, 4.69) is 5.32 Å². The Balaban J connectivity index is 2.12. The highest BCUT2D eigenvalue weighted by molar-refractivity contribution is 6.44. The molecule has 0 aromatic heterocycles. The number of nitrogens with one attached hydrogen (secondary N) is 1. The molecule has 1 N–H and O–H groups in total. The molecule has 1 heterocycles. The average Bonchev–Trinajstić information content (AvgIpc) is 2.46. The highest BCUT2D eigenvalue weighted by atomic mass is 35.5. The van der Waals surface area contributed by atoms with Crippen molar-refractivity contribution >= 4 is 29.2 Å². The molecule has 1 aliphatic heterocycles. The quantitative estimate of drug-likeness (QED) is 0.830. The molecule has 0 spiro atoms. The van der Waals surface area contributed by atoms with Crippen molar-refractivity contribution in [3.8, 4) is 0 Å². The molecule has 128 valence electrons. The van der Waals surface area contributed by atoms with E-state index in [-0.39, 0.29) is 24.1 Å². The molecule has 2 rings (SSSR count). The van der Waals surface area contributed by atoms with Crippen LogP contribution in [-0.2, 0) is 4.74 Å². The lowest BCUT2D eigenvalue weighted by atomic mass is 10.1. The zero-order chi connectivity index (χ0) is 17.1. The zero-order valence-corrected chi connectivity index (χ0v) is 14.9. The van der Waals surface area contributed by atoms with Crippen LogP contribution in [0.5, 0.6) is 0 Å². The molecule has 2 amide bonds. The molecule has 3 atom stereocenters. The lowest BCUT2D eigenvalue weighted by Crippen LogP contribution is -2.52. The van der Waals surface area contributed by atoms with Crippen LogP contribution < -0.4 is 5.32 Å². The summed E-state index contributed by atoms with van der Waals surface area (Å²) in [5.74, 6) is -0.357. The van der Waals surface area contributed by atoms with Crippen LogP contribution in [0.25, 0.3) is 0 Å². The van der Waals surface area contributed by atoms with Crippen molar-refractivity contribution in [3.63, 3.8) is 0 Å². The van der Waals surface area contributed by atoms with Gasteiger partial charge < -0.3 is 15.0 Å². The highest BCUT2D eigenvalue weighted by Gasteiger charge is 2.29. The summed E-state index contributed by atoms with van der Waals surface area (Å²) in [6.07, 6.45) is -0.0786. The number of hydrogen-bond acceptors (Lipinski definition) is 2. The van der Waals surface area contributed by atoms with E-state index in [4.69, 9.17) is 27.9 Å². The predicted molar refractivity (Wildman–Crippen MR) is 89.5 cm³/mol. The summed E-state index contributed by atoms with van der Waals surface area (Å²) in [6, 6.07) is 3.73. The van der Waals surface area contributed by atoms with E-state index >= 15 is 0 Å². The summed E-state index contributed by atoms with van der Waals surface area (Å²) in [4.78, 5) is 13.2. The molecule has 1 fully saturated rings. The van der Waals surface area contributed by atoms with Gasteiger partial charge in [-0.15, -0.1) is 23.2 Å². The summed E-state index contributed by atoms with van der Waals surface area (Å²) in [5.41, 5.74) is 1.06. The molecular weight excluding hydrogens is 342 g/mol. The minimum Gasteiger partial charge on any atom is -0.372 e. The summed E-state index contributed by atoms with van der Waals surface area (Å²) in [5, 5.41) is 2.79. The van der Waals surface area contributed by atoms with Gasteiger partial charge in [0.05, 0.1) is 18.2 Å². The Morgan fingerprint density at radius 3 is 2.48 bits per heavy atom. The number of amides is 2. The predicted octanol–water partition coefficient (Wildman–Crippen LogP) is 3.80. The van der Waals surface area contributed by atoms with Gasteiger partial charge in [-0.1, -0.05) is 12.1 Å². The standard InChI is InChI=1S/C16H21Cl2FN2O2/c1-9-4-5-12(6-13(9)19)14(15(17)18)20-16(22)21-7-10(2)23-11(3)8-21/h4-6,10-11,14-15H,7-8H2,1-3H3,(H,20,22)/t10-,11-,14-/m0/s1. The number of halogens is 3. The lowest BCUT2D eigenvalue weighted by molar-refractivity contribution is -0.0547. The van der Waals surface area contributed by atoms with Crippen LogP contribution in [0.4, 0.5) is 9.18 Å². The highest BCUT2D eigenvalue weighted by Crippen LogP contribution is 2.26. The molecule has 0 radical (unpaired) electrons. The number of aryl methyl sites for hydroxylation is 1. The van der Waals surface area contributed by atoms with E-state index in [0.29, 0.717) is 24.2 Å². The van der Waals surface area contributed by atoms with E-state index in [0.717, 1.165) is 0 Å². The Morgan fingerprint density at radius 2 is 1.96 bits per heavy atom. The van der Waals surface area contributed by atoms with Gasteiger partial charge in [0.15, 0.2) is 0 Å². The molecule has 1 aliphatic rings. The number of carbonyl (C=O) groups excluding carboxylic acids is 1. The van der Waals surface area contributed by atoms with Gasteiger partial charge in [0.25, 0.3) is 0 Å². The molecule has 7 heteroatoms. The molecule has 0 saturated carbocycles. The van der Waals surface area contributed by atoms with Crippen LogP contribution in [0.15, 0.2) is 18.2 Å². The van der Waals surface area contributed by atoms with E-state index < -0.39 is 10.9 Å². The van der Waals surface area contributed by atoms with Crippen LogP contribution in [0.2, 0.25) is 0 Å². The van der Waals surface area contributed by atoms with Crippen molar-refractivity contribution in [1.82, 2.24) is 10.2 Å². The van der Waals surface area contributed by atoms with Gasteiger partial charge >= 0.3 is 6.03 Å². The molecule has 0 unspecified atom stereocenters. The number of hydrogen-bond donors (Lipinski definition) is 1. The number of ether oxygens (including phenoxy) is 1. The topological polar surface area (TPSA) is 41.6 Å². The zero-order valence-electron chi connectivity index (χ0n) is 13.4. The van der Waals surface area contributed by atoms with Crippen LogP contribution in [0.3, 0.4) is 0 Å². The van der Waals surface area contributed by atoms with Crippen molar-refractivity contribution in [1.29, 1.82) is 0 Å². The molecule has 1 aromatic carbocycles. The van der Waals surface area contributed by atoms with Crippen molar-refractivity contribution in [2.75, 3.05) is 13.1 Å². The molecule has 4 nitrogen and oxygen atoms in total. The van der Waals surface area contributed by atoms with Gasteiger partial charge in [0.1, 0.15) is 10.7 Å². The Bertz CT molecular complexity index is 561. The molecule has 0 bridgehead atoms. The fourth-order valence-corrected chi connectivity index (χ4v) is 3.08. The van der Waals surface area contributed by atoms with Crippen molar-refractivity contribution in [3.05, 3.63) is 35.1 Å². The summed E-state index contributed by atoms with van der Waals surface area (Å²) in [7, 11) is 0.